The van der Waals surface area contributed by atoms with Crippen LogP contribution in [0.15, 0.2) is 12.1 Å². The second kappa shape index (κ2) is 5.52. The summed E-state index contributed by atoms with van der Waals surface area (Å²) < 4.78 is 5.44. The Bertz CT molecular complexity index is 384. The molecule has 0 bridgehead atoms. The van der Waals surface area contributed by atoms with Crippen LogP contribution in [0.5, 0.6) is 5.75 Å². The van der Waals surface area contributed by atoms with Crippen LogP contribution in [-0.2, 0) is 6.54 Å². The highest BCUT2D eigenvalue weighted by molar-refractivity contribution is 5.41. The lowest BCUT2D eigenvalue weighted by molar-refractivity contribution is 0.405. The molecule has 0 saturated carbocycles. The van der Waals surface area contributed by atoms with Gasteiger partial charge in [0.25, 0.3) is 0 Å². The van der Waals surface area contributed by atoms with Crippen LogP contribution < -0.4 is 15.4 Å². The van der Waals surface area contributed by atoms with E-state index in [9.17, 15) is 0 Å². The van der Waals surface area contributed by atoms with E-state index < -0.39 is 0 Å². The molecule has 3 heteroatoms. The molecule has 1 heterocycles. The van der Waals surface area contributed by atoms with Crippen LogP contribution >= 0.6 is 0 Å². The van der Waals surface area contributed by atoms with Gasteiger partial charge < -0.3 is 15.4 Å². The zero-order valence-electron chi connectivity index (χ0n) is 11.0. The summed E-state index contributed by atoms with van der Waals surface area (Å²) in [6.07, 6.45) is 1.22. The average molecular weight is 234 g/mol. The Kier molecular flexibility index (Phi) is 4.02. The summed E-state index contributed by atoms with van der Waals surface area (Å²) in [6, 6.07) is 4.95. The second-order valence-electron chi connectivity index (χ2n) is 4.82. The van der Waals surface area contributed by atoms with Gasteiger partial charge in [-0.1, -0.05) is 6.07 Å². The fourth-order valence-electron chi connectivity index (χ4n) is 2.26. The monoisotopic (exact) mass is 234 g/mol. The Balaban J connectivity index is 2.05. The summed E-state index contributed by atoms with van der Waals surface area (Å²) in [5.74, 6) is 0.992. The number of benzene rings is 1. The molecule has 1 fully saturated rings. The average Bonchev–Trinajstić information content (AvgIpc) is 2.83. The van der Waals surface area contributed by atoms with E-state index >= 15 is 0 Å². The summed E-state index contributed by atoms with van der Waals surface area (Å²) in [5, 5.41) is 6.94. The quantitative estimate of drug-likeness (QED) is 0.833. The molecule has 0 aromatic heterocycles. The van der Waals surface area contributed by atoms with Crippen molar-refractivity contribution in [2.24, 2.45) is 0 Å². The predicted molar refractivity (Wildman–Crippen MR) is 70.6 cm³/mol. The zero-order chi connectivity index (χ0) is 12.3. The van der Waals surface area contributed by atoms with Gasteiger partial charge in [-0.2, -0.15) is 0 Å². The van der Waals surface area contributed by atoms with Crippen LogP contribution in [-0.4, -0.2) is 26.2 Å². The van der Waals surface area contributed by atoms with E-state index in [1.54, 1.807) is 7.11 Å². The molecular formula is C14H22N2O. The summed E-state index contributed by atoms with van der Waals surface area (Å²) >= 11 is 0. The molecule has 1 atom stereocenters. The molecule has 1 aliphatic heterocycles. The molecule has 2 rings (SSSR count). The van der Waals surface area contributed by atoms with Crippen LogP contribution in [0.25, 0.3) is 0 Å². The molecule has 1 aromatic carbocycles. The van der Waals surface area contributed by atoms with Crippen molar-refractivity contribution in [1.29, 1.82) is 0 Å². The van der Waals surface area contributed by atoms with Crippen LogP contribution in [0.1, 0.15) is 23.1 Å². The molecule has 3 nitrogen and oxygen atoms in total. The van der Waals surface area contributed by atoms with Gasteiger partial charge in [0.2, 0.25) is 0 Å². The third-order valence-electron chi connectivity index (χ3n) is 3.54. The minimum Gasteiger partial charge on any atom is -0.496 e. The lowest BCUT2D eigenvalue weighted by atomic mass is 10.0. The van der Waals surface area contributed by atoms with Gasteiger partial charge in [0.05, 0.1) is 7.11 Å². The Morgan fingerprint density at radius 1 is 1.35 bits per heavy atom. The molecule has 1 aromatic rings. The van der Waals surface area contributed by atoms with E-state index in [-0.39, 0.29) is 0 Å². The maximum atomic E-state index is 5.44. The highest BCUT2D eigenvalue weighted by Gasteiger charge is 2.14. The fourth-order valence-corrected chi connectivity index (χ4v) is 2.26. The van der Waals surface area contributed by atoms with Crippen LogP contribution in [0.3, 0.4) is 0 Å². The van der Waals surface area contributed by atoms with E-state index in [0.29, 0.717) is 6.04 Å². The van der Waals surface area contributed by atoms with Crippen molar-refractivity contribution in [3.05, 3.63) is 28.8 Å². The van der Waals surface area contributed by atoms with Crippen molar-refractivity contribution in [3.8, 4) is 5.75 Å². The van der Waals surface area contributed by atoms with E-state index in [4.69, 9.17) is 4.74 Å². The molecule has 0 spiro atoms. The molecule has 17 heavy (non-hydrogen) atoms. The minimum absolute atomic E-state index is 0.598. The molecular weight excluding hydrogens is 212 g/mol. The van der Waals surface area contributed by atoms with Crippen molar-refractivity contribution in [1.82, 2.24) is 10.6 Å². The maximum absolute atomic E-state index is 5.44. The normalized spacial score (nSPS) is 19.6. The van der Waals surface area contributed by atoms with Crippen molar-refractivity contribution in [2.75, 3.05) is 20.2 Å². The van der Waals surface area contributed by atoms with Gasteiger partial charge >= 0.3 is 0 Å². The lowest BCUT2D eigenvalue weighted by Gasteiger charge is -2.15. The number of methoxy groups -OCH3 is 1. The molecule has 1 aliphatic rings. The fraction of sp³-hybridized carbons (Fsp3) is 0.571. The van der Waals surface area contributed by atoms with Gasteiger partial charge in [0, 0.05) is 24.7 Å². The summed E-state index contributed by atoms with van der Waals surface area (Å²) in [7, 11) is 1.74. The molecule has 0 amide bonds. The smallest absolute Gasteiger partial charge is 0.123 e. The van der Waals surface area contributed by atoms with E-state index in [0.717, 1.165) is 25.4 Å². The Morgan fingerprint density at radius 2 is 2.12 bits per heavy atom. The van der Waals surface area contributed by atoms with Gasteiger partial charge in [0.15, 0.2) is 0 Å². The standard InChI is InChI=1S/C14H22N2O/c1-10-6-12(14(17-3)7-11(10)2)8-16-13-4-5-15-9-13/h6-7,13,15-16H,4-5,8-9H2,1-3H3. The highest BCUT2D eigenvalue weighted by atomic mass is 16.5. The zero-order valence-corrected chi connectivity index (χ0v) is 11.0. The van der Waals surface area contributed by atoms with Crippen molar-refractivity contribution < 1.29 is 4.74 Å². The summed E-state index contributed by atoms with van der Waals surface area (Å²) in [4.78, 5) is 0. The van der Waals surface area contributed by atoms with Gasteiger partial charge in [-0.25, -0.2) is 0 Å². The predicted octanol–water partition coefficient (Wildman–Crippen LogP) is 1.76. The molecule has 0 radical (unpaired) electrons. The molecule has 1 saturated heterocycles. The minimum atomic E-state index is 0.598. The van der Waals surface area contributed by atoms with Crippen molar-refractivity contribution >= 4 is 0 Å². The molecule has 1 unspecified atom stereocenters. The third-order valence-corrected chi connectivity index (χ3v) is 3.54. The number of ether oxygens (including phenoxy) is 1. The number of hydrogen-bond acceptors (Lipinski definition) is 3. The second-order valence-corrected chi connectivity index (χ2v) is 4.82. The van der Waals surface area contributed by atoms with E-state index in [1.165, 1.54) is 23.1 Å². The first-order valence-electron chi connectivity index (χ1n) is 6.29. The van der Waals surface area contributed by atoms with Crippen molar-refractivity contribution in [2.45, 2.75) is 32.9 Å². The topological polar surface area (TPSA) is 33.3 Å². The Morgan fingerprint density at radius 3 is 2.76 bits per heavy atom. The summed E-state index contributed by atoms with van der Waals surface area (Å²) in [6.45, 7) is 7.36. The number of rotatable bonds is 4. The molecule has 94 valence electrons. The maximum Gasteiger partial charge on any atom is 0.123 e. The van der Waals surface area contributed by atoms with E-state index in [2.05, 4.69) is 36.6 Å². The number of aryl methyl sites for hydroxylation is 2. The first kappa shape index (κ1) is 12.4. The molecule has 0 aliphatic carbocycles. The van der Waals surface area contributed by atoms with Gasteiger partial charge in [0.1, 0.15) is 5.75 Å². The van der Waals surface area contributed by atoms with Crippen LogP contribution in [0.2, 0.25) is 0 Å². The summed E-state index contributed by atoms with van der Waals surface area (Å²) in [5.41, 5.74) is 3.86. The van der Waals surface area contributed by atoms with Gasteiger partial charge in [-0.05, 0) is 44.0 Å². The van der Waals surface area contributed by atoms with Gasteiger partial charge in [-0.3, -0.25) is 0 Å². The van der Waals surface area contributed by atoms with Crippen molar-refractivity contribution in [3.63, 3.8) is 0 Å². The SMILES string of the molecule is COc1cc(C)c(C)cc1CNC1CCNC1. The Hall–Kier alpha value is -1.06. The lowest BCUT2D eigenvalue weighted by Crippen LogP contribution is -2.30. The van der Waals surface area contributed by atoms with Gasteiger partial charge in [-0.15, -0.1) is 0 Å². The molecule has 2 N–H and O–H groups in total. The van der Waals surface area contributed by atoms with Crippen LogP contribution in [0.4, 0.5) is 0 Å². The third kappa shape index (κ3) is 2.99. The first-order valence-corrected chi connectivity index (χ1v) is 6.29. The highest BCUT2D eigenvalue weighted by Crippen LogP contribution is 2.23. The number of nitrogens with one attached hydrogen (secondary N) is 2. The first-order chi connectivity index (χ1) is 8.20. The largest absolute Gasteiger partial charge is 0.496 e. The van der Waals surface area contributed by atoms with E-state index in [1.807, 2.05) is 0 Å². The number of hydrogen-bond donors (Lipinski definition) is 2. The Labute approximate surface area is 104 Å². The van der Waals surface area contributed by atoms with Crippen LogP contribution in [0, 0.1) is 13.8 Å².